The minimum absolute atomic E-state index is 0.164. The van der Waals surface area contributed by atoms with Crippen LogP contribution in [0.25, 0.3) is 0 Å². The Bertz CT molecular complexity index is 1300. The van der Waals surface area contributed by atoms with Crippen LogP contribution >= 0.6 is 0 Å². The van der Waals surface area contributed by atoms with Gasteiger partial charge in [-0.2, -0.15) is 4.31 Å². The average Bonchev–Trinajstić information content (AvgIpc) is 3.11. The molecule has 0 bridgehead atoms. The first-order valence-electron chi connectivity index (χ1n) is 11.0. The highest BCUT2D eigenvalue weighted by molar-refractivity contribution is 7.92. The summed E-state index contributed by atoms with van der Waals surface area (Å²) in [6, 6.07) is 9.51. The van der Waals surface area contributed by atoms with Crippen LogP contribution < -0.4 is 9.62 Å². The molecule has 2 aliphatic heterocycles. The number of anilines is 2. The topological polar surface area (TPSA) is 104 Å². The van der Waals surface area contributed by atoms with Gasteiger partial charge in [0.1, 0.15) is 0 Å². The van der Waals surface area contributed by atoms with Crippen molar-refractivity contribution in [3.8, 4) is 0 Å². The Kier molecular flexibility index (Phi) is 6.28. The summed E-state index contributed by atoms with van der Waals surface area (Å²) < 4.78 is 53.2. The molecule has 1 N–H and O–H groups in total. The minimum Gasteiger partial charge on any atom is -0.322 e. The molecule has 10 heteroatoms. The molecule has 2 aromatic rings. The van der Waals surface area contributed by atoms with E-state index < -0.39 is 20.0 Å². The average molecular weight is 492 g/mol. The van der Waals surface area contributed by atoms with Crippen molar-refractivity contribution in [2.24, 2.45) is 0 Å². The number of amides is 1. The van der Waals surface area contributed by atoms with Crippen molar-refractivity contribution in [2.45, 2.75) is 50.5 Å². The zero-order valence-corrected chi connectivity index (χ0v) is 20.7. The quantitative estimate of drug-likeness (QED) is 0.692. The van der Waals surface area contributed by atoms with Crippen molar-refractivity contribution in [3.63, 3.8) is 0 Å². The third-order valence-corrected chi connectivity index (χ3v) is 9.43. The third kappa shape index (κ3) is 4.64. The number of sulfonamides is 2. The molecule has 1 saturated heterocycles. The van der Waals surface area contributed by atoms with Crippen molar-refractivity contribution >= 4 is 37.3 Å². The van der Waals surface area contributed by atoms with Crippen LogP contribution in [0.15, 0.2) is 41.3 Å². The van der Waals surface area contributed by atoms with E-state index in [-0.39, 0.29) is 16.8 Å². The van der Waals surface area contributed by atoms with E-state index in [0.717, 1.165) is 30.4 Å². The molecule has 0 saturated carbocycles. The molecule has 33 heavy (non-hydrogen) atoms. The Balaban J connectivity index is 1.58. The highest BCUT2D eigenvalue weighted by atomic mass is 32.2. The number of aryl methyl sites for hydroxylation is 1. The van der Waals surface area contributed by atoms with Crippen molar-refractivity contribution in [3.05, 3.63) is 53.1 Å². The van der Waals surface area contributed by atoms with E-state index in [1.54, 1.807) is 37.3 Å². The molecule has 1 amide bonds. The predicted molar refractivity (Wildman–Crippen MR) is 129 cm³/mol. The van der Waals surface area contributed by atoms with Gasteiger partial charge in [-0.3, -0.25) is 9.10 Å². The van der Waals surface area contributed by atoms with E-state index in [9.17, 15) is 21.6 Å². The molecule has 1 atom stereocenters. The van der Waals surface area contributed by atoms with Crippen molar-refractivity contribution in [1.82, 2.24) is 4.31 Å². The minimum atomic E-state index is -3.62. The van der Waals surface area contributed by atoms with Crippen LogP contribution in [-0.2, 0) is 26.5 Å². The molecule has 2 heterocycles. The van der Waals surface area contributed by atoms with Crippen LogP contribution in [0.5, 0.6) is 0 Å². The van der Waals surface area contributed by atoms with Gasteiger partial charge in [-0.25, -0.2) is 16.8 Å². The zero-order chi connectivity index (χ0) is 24.0. The van der Waals surface area contributed by atoms with Gasteiger partial charge in [0.25, 0.3) is 5.91 Å². The van der Waals surface area contributed by atoms with Gasteiger partial charge in [-0.15, -0.1) is 0 Å². The summed E-state index contributed by atoms with van der Waals surface area (Å²) >= 11 is 0. The maximum Gasteiger partial charge on any atom is 0.255 e. The second-order valence-electron chi connectivity index (χ2n) is 8.85. The van der Waals surface area contributed by atoms with Gasteiger partial charge in [0, 0.05) is 30.4 Å². The first-order chi connectivity index (χ1) is 15.5. The summed E-state index contributed by atoms with van der Waals surface area (Å²) in [6.07, 6.45) is 4.42. The highest BCUT2D eigenvalue weighted by Crippen LogP contribution is 2.35. The Hall–Kier alpha value is -2.43. The van der Waals surface area contributed by atoms with E-state index in [4.69, 9.17) is 0 Å². The molecule has 8 nitrogen and oxygen atoms in total. The number of piperidine rings is 1. The molecular formula is C23H29N3O5S2. The van der Waals surface area contributed by atoms with E-state index in [1.807, 2.05) is 6.92 Å². The van der Waals surface area contributed by atoms with E-state index in [1.165, 1.54) is 20.9 Å². The number of hydrogen-bond donors (Lipinski definition) is 1. The summed E-state index contributed by atoms with van der Waals surface area (Å²) in [5.74, 6) is -0.376. The summed E-state index contributed by atoms with van der Waals surface area (Å²) in [4.78, 5) is 13.1. The molecule has 0 spiro atoms. The summed E-state index contributed by atoms with van der Waals surface area (Å²) in [5, 5.41) is 2.83. The predicted octanol–water partition coefficient (Wildman–Crippen LogP) is 3.13. The van der Waals surface area contributed by atoms with Crippen molar-refractivity contribution < 1.29 is 21.6 Å². The lowest BCUT2D eigenvalue weighted by Crippen LogP contribution is -2.35. The molecule has 0 aliphatic carbocycles. The first-order valence-corrected chi connectivity index (χ1v) is 14.3. The molecule has 4 rings (SSSR count). The Labute approximate surface area is 195 Å². The lowest BCUT2D eigenvalue weighted by molar-refractivity contribution is 0.102. The summed E-state index contributed by atoms with van der Waals surface area (Å²) in [6.45, 7) is 4.66. The molecule has 2 aliphatic rings. The maximum atomic E-state index is 13.0. The molecule has 0 radical (unpaired) electrons. The largest absolute Gasteiger partial charge is 0.322 e. The molecule has 1 fully saturated rings. The summed E-state index contributed by atoms with van der Waals surface area (Å²) in [7, 11) is -7.03. The lowest BCUT2D eigenvalue weighted by atomic mass is 10.1. The monoisotopic (exact) mass is 491 g/mol. The normalized spacial score (nSPS) is 19.4. The molecular weight excluding hydrogens is 462 g/mol. The summed E-state index contributed by atoms with van der Waals surface area (Å²) in [5.41, 5.74) is 2.95. The highest BCUT2D eigenvalue weighted by Gasteiger charge is 2.33. The van der Waals surface area contributed by atoms with Crippen LogP contribution in [0.4, 0.5) is 11.4 Å². The number of carbonyl (C=O) groups is 1. The second-order valence-corrected chi connectivity index (χ2v) is 12.6. The molecule has 2 aromatic carbocycles. The molecule has 178 valence electrons. The number of carbonyl (C=O) groups excluding carboxylic acids is 1. The molecule has 1 unspecified atom stereocenters. The lowest BCUT2D eigenvalue weighted by Gasteiger charge is -2.26. The Morgan fingerprint density at radius 1 is 1.00 bits per heavy atom. The number of hydrogen-bond acceptors (Lipinski definition) is 5. The fourth-order valence-corrected chi connectivity index (χ4v) is 7.40. The standard InChI is InChI=1S/C23H29N3O5S2/c1-16-7-9-20(33(30,31)25-11-5-4-6-12-25)15-21(16)24-23(27)18-8-10-22-19(14-18)13-17(2)26(22)32(3,28)29/h7-10,14-15,17H,4-6,11-13H2,1-3H3,(H,24,27). The van der Waals surface area contributed by atoms with Crippen molar-refractivity contribution in [2.75, 3.05) is 29.0 Å². The third-order valence-electron chi connectivity index (χ3n) is 6.26. The van der Waals surface area contributed by atoms with Gasteiger partial charge in [-0.05, 0) is 74.6 Å². The Morgan fingerprint density at radius 2 is 1.70 bits per heavy atom. The van der Waals surface area contributed by atoms with Gasteiger partial charge >= 0.3 is 0 Å². The maximum absolute atomic E-state index is 13.0. The van der Waals surface area contributed by atoms with E-state index >= 15 is 0 Å². The van der Waals surface area contributed by atoms with Crippen LogP contribution in [0.2, 0.25) is 0 Å². The number of fused-ring (bicyclic) bond motifs is 1. The van der Waals surface area contributed by atoms with Crippen LogP contribution in [0.3, 0.4) is 0 Å². The number of nitrogens with one attached hydrogen (secondary N) is 1. The van der Waals surface area contributed by atoms with E-state index in [0.29, 0.717) is 36.4 Å². The van der Waals surface area contributed by atoms with Crippen LogP contribution in [0, 0.1) is 6.92 Å². The fourth-order valence-electron chi connectivity index (χ4n) is 4.59. The van der Waals surface area contributed by atoms with E-state index in [2.05, 4.69) is 5.32 Å². The second kappa shape index (κ2) is 8.73. The van der Waals surface area contributed by atoms with Crippen LogP contribution in [-0.4, -0.2) is 52.4 Å². The smallest absolute Gasteiger partial charge is 0.255 e. The van der Waals surface area contributed by atoms with Gasteiger partial charge in [0.2, 0.25) is 20.0 Å². The number of nitrogens with zero attached hydrogens (tertiary/aromatic N) is 2. The first kappa shape index (κ1) is 23.7. The fraction of sp³-hybridized carbons (Fsp3) is 0.435. The van der Waals surface area contributed by atoms with Crippen LogP contribution in [0.1, 0.15) is 47.7 Å². The SMILES string of the molecule is Cc1ccc(S(=O)(=O)N2CCCCC2)cc1NC(=O)c1ccc2c(c1)CC(C)N2S(C)(=O)=O. The zero-order valence-electron chi connectivity index (χ0n) is 19.0. The van der Waals surface area contributed by atoms with Gasteiger partial charge in [0.05, 0.1) is 16.8 Å². The molecule has 0 aromatic heterocycles. The number of rotatable bonds is 5. The van der Waals surface area contributed by atoms with Crippen molar-refractivity contribution in [1.29, 1.82) is 0 Å². The van der Waals surface area contributed by atoms with Gasteiger partial charge < -0.3 is 5.32 Å². The van der Waals surface area contributed by atoms with Gasteiger partial charge in [-0.1, -0.05) is 12.5 Å². The van der Waals surface area contributed by atoms with Gasteiger partial charge in [0.15, 0.2) is 0 Å². The Morgan fingerprint density at radius 3 is 2.36 bits per heavy atom. The number of benzene rings is 2.